The van der Waals surface area contributed by atoms with Crippen LogP contribution in [0.15, 0.2) is 60.8 Å². The van der Waals surface area contributed by atoms with E-state index in [-0.39, 0.29) is 24.0 Å². The van der Waals surface area contributed by atoms with E-state index in [4.69, 9.17) is 17.3 Å². The molecule has 39 heavy (non-hydrogen) atoms. The quantitative estimate of drug-likeness (QED) is 0.262. The summed E-state index contributed by atoms with van der Waals surface area (Å²) in [6.07, 6.45) is 1.49. The molecule has 13 heteroatoms. The van der Waals surface area contributed by atoms with Crippen molar-refractivity contribution in [2.75, 3.05) is 16.4 Å². The predicted molar refractivity (Wildman–Crippen MR) is 137 cm³/mol. The number of benzene rings is 2. The van der Waals surface area contributed by atoms with E-state index in [1.807, 2.05) is 29.1 Å². The van der Waals surface area contributed by atoms with E-state index >= 15 is 0 Å². The number of hydrogen-bond acceptors (Lipinski definition) is 7. The fraction of sp³-hybridized carbons (Fsp3) is 0.269. The lowest BCUT2D eigenvalue weighted by molar-refractivity contribution is -0.223. The molecule has 0 saturated heterocycles. The first-order valence-electron chi connectivity index (χ1n) is 12.2. The number of carbonyl (C=O) groups excluding carboxylic acids is 1. The van der Waals surface area contributed by atoms with E-state index in [1.165, 1.54) is 35.2 Å². The molecule has 3 heterocycles. The Morgan fingerprint density at radius 3 is 2.51 bits per heavy atom. The molecule has 10 nitrogen and oxygen atoms in total. The average Bonchev–Trinajstić information content (AvgIpc) is 3.65. The molecule has 0 spiro atoms. The second-order valence-electron chi connectivity index (χ2n) is 9.38. The van der Waals surface area contributed by atoms with Crippen LogP contribution in [0.25, 0.3) is 10.9 Å². The van der Waals surface area contributed by atoms with Crippen LogP contribution < -0.4 is 19.3 Å². The van der Waals surface area contributed by atoms with E-state index in [0.29, 0.717) is 23.0 Å². The van der Waals surface area contributed by atoms with Gasteiger partial charge in [-0.1, -0.05) is 0 Å². The van der Waals surface area contributed by atoms with Crippen LogP contribution in [-0.2, 0) is 6.54 Å². The maximum Gasteiger partial charge on any atom is 0.335 e. The lowest BCUT2D eigenvalue weighted by Gasteiger charge is -2.36. The smallest absolute Gasteiger partial charge is 0.335 e. The Morgan fingerprint density at radius 2 is 1.82 bits per heavy atom. The number of aromatic nitrogens is 3. The summed E-state index contributed by atoms with van der Waals surface area (Å²) >= 11 is 0. The minimum absolute atomic E-state index is 0.0351. The Kier molecular flexibility index (Phi) is 6.11. The molecular formula is C26H22BF2N5O5. The number of aliphatic hydroxyl groups is 2. The summed E-state index contributed by atoms with van der Waals surface area (Å²) in [4.78, 5) is 21.2. The van der Waals surface area contributed by atoms with Gasteiger partial charge in [0.1, 0.15) is 11.6 Å². The van der Waals surface area contributed by atoms with Crippen LogP contribution in [0.1, 0.15) is 24.4 Å². The zero-order valence-electron chi connectivity index (χ0n) is 20.4. The topological polar surface area (TPSA) is 113 Å². The van der Waals surface area contributed by atoms with Gasteiger partial charge in [0.25, 0.3) is 12.3 Å². The second-order valence-corrected chi connectivity index (χ2v) is 9.38. The molecule has 1 aliphatic heterocycles. The van der Waals surface area contributed by atoms with Crippen molar-refractivity contribution in [2.24, 2.45) is 0 Å². The number of carbonyl (C=O) groups is 1. The van der Waals surface area contributed by atoms with Gasteiger partial charge in [-0.3, -0.25) is 9.58 Å². The van der Waals surface area contributed by atoms with E-state index in [1.54, 1.807) is 11.0 Å². The van der Waals surface area contributed by atoms with Crippen molar-refractivity contribution in [3.63, 3.8) is 0 Å². The van der Waals surface area contributed by atoms with Crippen molar-refractivity contribution in [2.45, 2.75) is 37.7 Å². The number of rotatable bonds is 8. The first-order chi connectivity index (χ1) is 18.6. The molecular weight excluding hydrogens is 511 g/mol. The molecule has 0 atom stereocenters. The van der Waals surface area contributed by atoms with Crippen molar-refractivity contribution >= 4 is 42.0 Å². The summed E-state index contributed by atoms with van der Waals surface area (Å²) in [6.45, 7) is -0.656. The van der Waals surface area contributed by atoms with E-state index in [2.05, 4.69) is 10.1 Å². The van der Waals surface area contributed by atoms with Crippen LogP contribution in [0.4, 0.5) is 30.8 Å². The molecule has 2 N–H and O–H groups in total. The van der Waals surface area contributed by atoms with Gasteiger partial charge in [-0.2, -0.15) is 10.1 Å². The normalized spacial score (nSPS) is 15.7. The molecule has 2 radical (unpaired) electrons. The minimum atomic E-state index is -2.88. The van der Waals surface area contributed by atoms with Crippen molar-refractivity contribution in [3.8, 4) is 11.6 Å². The summed E-state index contributed by atoms with van der Waals surface area (Å²) in [5, 5.41) is 24.1. The average molecular weight is 533 g/mol. The summed E-state index contributed by atoms with van der Waals surface area (Å²) in [5.41, 5.74) is 2.48. The van der Waals surface area contributed by atoms with Gasteiger partial charge < -0.3 is 19.7 Å². The third-order valence-corrected chi connectivity index (χ3v) is 6.35. The Balaban J connectivity index is 1.38. The third-order valence-electron chi connectivity index (χ3n) is 6.35. The van der Waals surface area contributed by atoms with Gasteiger partial charge in [0.2, 0.25) is 13.7 Å². The lowest BCUT2D eigenvalue weighted by Crippen LogP contribution is -2.45. The molecule has 1 fully saturated rings. The Hall–Kier alpha value is -4.23. The van der Waals surface area contributed by atoms with Gasteiger partial charge in [0, 0.05) is 28.9 Å². The lowest BCUT2D eigenvalue weighted by atomic mass is 10.1. The van der Waals surface area contributed by atoms with Crippen molar-refractivity contribution in [3.05, 3.63) is 66.4 Å². The van der Waals surface area contributed by atoms with Crippen LogP contribution in [0.2, 0.25) is 0 Å². The summed E-state index contributed by atoms with van der Waals surface area (Å²) in [5.74, 6) is -2.68. The van der Waals surface area contributed by atoms with Gasteiger partial charge in [0.05, 0.1) is 23.8 Å². The largest absolute Gasteiger partial charge is 0.472 e. The Bertz CT molecular complexity index is 1540. The van der Waals surface area contributed by atoms with Gasteiger partial charge in [-0.05, 0) is 61.4 Å². The van der Waals surface area contributed by atoms with E-state index in [9.17, 15) is 23.8 Å². The number of pyridine rings is 1. The second kappa shape index (κ2) is 9.51. The van der Waals surface area contributed by atoms with E-state index < -0.39 is 24.9 Å². The highest BCUT2D eigenvalue weighted by Gasteiger charge is 2.35. The molecule has 1 aliphatic carbocycles. The van der Waals surface area contributed by atoms with Crippen molar-refractivity contribution in [1.29, 1.82) is 0 Å². The number of hydrogen-bond donors (Lipinski definition) is 2. The molecule has 2 aromatic carbocycles. The molecule has 2 amide bonds. The molecule has 198 valence electrons. The molecule has 2 aromatic heterocycles. The van der Waals surface area contributed by atoms with Crippen LogP contribution in [0, 0.1) is 0 Å². The summed E-state index contributed by atoms with van der Waals surface area (Å²) in [7, 11) is 5.08. The van der Waals surface area contributed by atoms with Crippen molar-refractivity contribution in [1.82, 2.24) is 14.8 Å². The fourth-order valence-corrected chi connectivity index (χ4v) is 4.45. The highest BCUT2D eigenvalue weighted by molar-refractivity contribution is 6.12. The number of amides is 2. The number of halogens is 2. The third kappa shape index (κ3) is 5.23. The van der Waals surface area contributed by atoms with Crippen LogP contribution in [-0.4, -0.2) is 57.8 Å². The van der Waals surface area contributed by atoms with Gasteiger partial charge in [-0.25, -0.2) is 18.5 Å². The van der Waals surface area contributed by atoms with Crippen LogP contribution in [0.5, 0.6) is 11.6 Å². The maximum atomic E-state index is 13.9. The SMILES string of the molecule is [B]C(O)(O)Oc1ccc(N2C(=O)N(c3ccc4nn(C5CC5)cc4c3)Cc3ccc(OCC(F)F)nc32)cc1. The first-order valence-corrected chi connectivity index (χ1v) is 12.2. The standard InChI is InChI=1S/C26H22BF2N5O5/c27-26(36,37)39-20-7-4-18(5-8-20)34-24-15(1-10-23(30-24)38-14-22(28)29)12-32(25(34)35)19-6-9-21-16(11-19)13-33(31-21)17-2-3-17/h1,4-11,13,17,22,36-37H,2-3,12,14H2. The Morgan fingerprint density at radius 1 is 1.08 bits per heavy atom. The van der Waals surface area contributed by atoms with Gasteiger partial charge in [0.15, 0.2) is 6.61 Å². The monoisotopic (exact) mass is 533 g/mol. The van der Waals surface area contributed by atoms with Crippen LogP contribution in [0.3, 0.4) is 0 Å². The van der Waals surface area contributed by atoms with Gasteiger partial charge >= 0.3 is 6.03 Å². The van der Waals surface area contributed by atoms with Crippen LogP contribution >= 0.6 is 0 Å². The predicted octanol–water partition coefficient (Wildman–Crippen LogP) is 3.83. The summed E-state index contributed by atoms with van der Waals surface area (Å²) < 4.78 is 37.3. The number of fused-ring (bicyclic) bond motifs is 2. The highest BCUT2D eigenvalue weighted by atomic mass is 19.3. The van der Waals surface area contributed by atoms with E-state index in [0.717, 1.165) is 23.7 Å². The van der Waals surface area contributed by atoms with Crippen molar-refractivity contribution < 1.29 is 33.3 Å². The number of alkyl halides is 2. The zero-order valence-corrected chi connectivity index (χ0v) is 20.4. The zero-order chi connectivity index (χ0) is 27.3. The number of anilines is 3. The molecule has 1 saturated carbocycles. The number of urea groups is 1. The molecule has 4 aromatic rings. The molecule has 0 bridgehead atoms. The molecule has 0 unspecified atom stereocenters. The fourth-order valence-electron chi connectivity index (χ4n) is 4.45. The number of nitrogens with zero attached hydrogens (tertiary/aromatic N) is 5. The van der Waals surface area contributed by atoms with Gasteiger partial charge in [-0.15, -0.1) is 0 Å². The molecule has 2 aliphatic rings. The minimum Gasteiger partial charge on any atom is -0.472 e. The molecule has 6 rings (SSSR count). The maximum absolute atomic E-state index is 13.9. The Labute approximate surface area is 222 Å². The summed E-state index contributed by atoms with van der Waals surface area (Å²) in [6, 6.07) is 14.5. The highest BCUT2D eigenvalue weighted by Crippen LogP contribution is 2.39. The number of ether oxygens (including phenoxy) is 2. The first kappa shape index (κ1) is 25.1.